The number of hydrogen-bond acceptors (Lipinski definition) is 4. The van der Waals surface area contributed by atoms with Gasteiger partial charge in [-0.3, -0.25) is 4.79 Å². The van der Waals surface area contributed by atoms with Crippen LogP contribution in [0.3, 0.4) is 0 Å². The van der Waals surface area contributed by atoms with E-state index in [1.807, 2.05) is 51.3 Å². The highest BCUT2D eigenvalue weighted by atomic mass is 32.2. The van der Waals surface area contributed by atoms with Crippen LogP contribution in [0.25, 0.3) is 0 Å². The maximum Gasteiger partial charge on any atom is 0.176 e. The zero-order chi connectivity index (χ0) is 14.0. The fourth-order valence-corrected chi connectivity index (χ4v) is 3.87. The van der Waals surface area contributed by atoms with E-state index in [1.54, 1.807) is 11.3 Å². The number of aryl methyl sites for hydroxylation is 3. The number of thioether (sulfide) groups is 1. The van der Waals surface area contributed by atoms with Gasteiger partial charge in [0.05, 0.1) is 5.25 Å². The Labute approximate surface area is 122 Å². The van der Waals surface area contributed by atoms with Crippen LogP contribution in [0.15, 0.2) is 27.9 Å². The second kappa shape index (κ2) is 5.88. The summed E-state index contributed by atoms with van der Waals surface area (Å²) in [7, 11) is 0. The Morgan fingerprint density at radius 1 is 1.32 bits per heavy atom. The van der Waals surface area contributed by atoms with Gasteiger partial charge in [-0.25, -0.2) is 4.98 Å². The van der Waals surface area contributed by atoms with Crippen LogP contribution in [0.1, 0.15) is 34.1 Å². The third-order valence-electron chi connectivity index (χ3n) is 2.90. The van der Waals surface area contributed by atoms with Crippen molar-refractivity contribution in [3.8, 4) is 0 Å². The smallest absolute Gasteiger partial charge is 0.176 e. The fraction of sp³-hybridized carbons (Fsp3) is 0.333. The second-order valence-corrected chi connectivity index (χ2v) is 7.14. The Morgan fingerprint density at radius 2 is 2.05 bits per heavy atom. The molecule has 1 unspecified atom stereocenters. The Morgan fingerprint density at radius 3 is 2.68 bits per heavy atom. The minimum Gasteiger partial charge on any atom is -0.293 e. The first-order chi connectivity index (χ1) is 8.97. The molecule has 0 N–H and O–H groups in total. The lowest BCUT2D eigenvalue weighted by Gasteiger charge is -2.11. The molecule has 0 amide bonds. The van der Waals surface area contributed by atoms with Crippen molar-refractivity contribution in [3.63, 3.8) is 0 Å². The summed E-state index contributed by atoms with van der Waals surface area (Å²) in [6, 6.07) is 6.02. The minimum absolute atomic E-state index is 0.106. The number of hydrogen-bond donors (Lipinski definition) is 0. The SMILES string of the molecule is Cc1ccc(C)c(C(=O)C(C)Sc2nc(C)cs2)c1. The van der Waals surface area contributed by atoms with Crippen LogP contribution < -0.4 is 0 Å². The van der Waals surface area contributed by atoms with E-state index in [4.69, 9.17) is 0 Å². The molecule has 2 nitrogen and oxygen atoms in total. The number of nitrogens with zero attached hydrogens (tertiary/aromatic N) is 1. The number of thiazole rings is 1. The first-order valence-electron chi connectivity index (χ1n) is 6.17. The van der Waals surface area contributed by atoms with E-state index < -0.39 is 0 Å². The van der Waals surface area contributed by atoms with E-state index >= 15 is 0 Å². The third-order valence-corrected chi connectivity index (χ3v) is 5.09. The van der Waals surface area contributed by atoms with E-state index in [0.29, 0.717) is 0 Å². The molecule has 2 rings (SSSR count). The van der Waals surface area contributed by atoms with Crippen molar-refractivity contribution in [2.24, 2.45) is 0 Å². The summed E-state index contributed by atoms with van der Waals surface area (Å²) in [5.74, 6) is 0.180. The lowest BCUT2D eigenvalue weighted by Crippen LogP contribution is -2.15. The van der Waals surface area contributed by atoms with Gasteiger partial charge in [0.25, 0.3) is 0 Å². The molecule has 19 heavy (non-hydrogen) atoms. The van der Waals surface area contributed by atoms with Crippen LogP contribution in [0.4, 0.5) is 0 Å². The van der Waals surface area contributed by atoms with Gasteiger partial charge in [0.2, 0.25) is 0 Å². The number of Topliss-reactive ketones (excluding diaryl/α,β-unsaturated/α-hetero) is 1. The standard InChI is InChI=1S/C15H17NOS2/c1-9-5-6-10(2)13(7-9)14(17)12(4)19-15-16-11(3)8-18-15/h5-8,12H,1-4H3. The second-order valence-electron chi connectivity index (χ2n) is 4.70. The predicted octanol–water partition coefficient (Wildman–Crippen LogP) is 4.43. The van der Waals surface area contributed by atoms with Gasteiger partial charge in [-0.05, 0) is 39.3 Å². The minimum atomic E-state index is -0.106. The molecule has 0 bridgehead atoms. The molecular formula is C15H17NOS2. The van der Waals surface area contributed by atoms with Crippen molar-refractivity contribution in [2.75, 3.05) is 0 Å². The summed E-state index contributed by atoms with van der Waals surface area (Å²) in [6.45, 7) is 7.92. The molecule has 0 fully saturated rings. The number of ketones is 1. The van der Waals surface area contributed by atoms with E-state index in [9.17, 15) is 4.79 Å². The summed E-state index contributed by atoms with van der Waals surface area (Å²) >= 11 is 3.14. The van der Waals surface area contributed by atoms with Crippen molar-refractivity contribution in [1.82, 2.24) is 4.98 Å². The molecule has 0 aliphatic heterocycles. The van der Waals surface area contributed by atoms with Crippen molar-refractivity contribution >= 4 is 28.9 Å². The number of carbonyl (C=O) groups excluding carboxylic acids is 1. The molecule has 0 radical (unpaired) electrons. The first-order valence-corrected chi connectivity index (χ1v) is 7.93. The molecule has 0 saturated heterocycles. The molecule has 2 aromatic rings. The van der Waals surface area contributed by atoms with Crippen LogP contribution in [-0.2, 0) is 0 Å². The number of aromatic nitrogens is 1. The van der Waals surface area contributed by atoms with E-state index in [-0.39, 0.29) is 11.0 Å². The molecule has 1 atom stereocenters. The number of rotatable bonds is 4. The van der Waals surface area contributed by atoms with E-state index in [1.165, 1.54) is 11.8 Å². The highest BCUT2D eigenvalue weighted by Gasteiger charge is 2.19. The zero-order valence-corrected chi connectivity index (χ0v) is 13.2. The Hall–Kier alpha value is -1.13. The predicted molar refractivity (Wildman–Crippen MR) is 82.4 cm³/mol. The van der Waals surface area contributed by atoms with Crippen LogP contribution in [0.2, 0.25) is 0 Å². The topological polar surface area (TPSA) is 30.0 Å². The van der Waals surface area contributed by atoms with Crippen LogP contribution in [-0.4, -0.2) is 16.0 Å². The van der Waals surface area contributed by atoms with Gasteiger partial charge in [-0.15, -0.1) is 11.3 Å². The summed E-state index contributed by atoms with van der Waals surface area (Å²) in [6.07, 6.45) is 0. The lowest BCUT2D eigenvalue weighted by molar-refractivity contribution is 0.0993. The average molecular weight is 291 g/mol. The molecule has 0 saturated carbocycles. The number of benzene rings is 1. The van der Waals surface area contributed by atoms with Gasteiger partial charge in [0, 0.05) is 16.6 Å². The Bertz CT molecular complexity index is 604. The molecular weight excluding hydrogens is 274 g/mol. The zero-order valence-electron chi connectivity index (χ0n) is 11.6. The summed E-state index contributed by atoms with van der Waals surface area (Å²) in [5.41, 5.74) is 4.00. The average Bonchev–Trinajstić information content (AvgIpc) is 2.77. The first kappa shape index (κ1) is 14.3. The van der Waals surface area contributed by atoms with Crippen LogP contribution in [0.5, 0.6) is 0 Å². The molecule has 0 spiro atoms. The van der Waals surface area contributed by atoms with Gasteiger partial charge in [0.1, 0.15) is 0 Å². The quantitative estimate of drug-likeness (QED) is 0.616. The normalized spacial score (nSPS) is 12.4. The van der Waals surface area contributed by atoms with Gasteiger partial charge in [-0.2, -0.15) is 0 Å². The third kappa shape index (κ3) is 3.45. The molecule has 100 valence electrons. The lowest BCUT2D eigenvalue weighted by atomic mass is 10.0. The maximum atomic E-state index is 12.5. The van der Waals surface area contributed by atoms with Crippen LogP contribution in [0, 0.1) is 20.8 Å². The largest absolute Gasteiger partial charge is 0.293 e. The van der Waals surface area contributed by atoms with Gasteiger partial charge < -0.3 is 0 Å². The monoisotopic (exact) mass is 291 g/mol. The maximum absolute atomic E-state index is 12.5. The molecule has 0 aliphatic rings. The molecule has 1 heterocycles. The van der Waals surface area contributed by atoms with Crippen molar-refractivity contribution in [3.05, 3.63) is 46.0 Å². The molecule has 1 aromatic carbocycles. The molecule has 1 aromatic heterocycles. The van der Waals surface area contributed by atoms with Crippen molar-refractivity contribution in [1.29, 1.82) is 0 Å². The summed E-state index contributed by atoms with van der Waals surface area (Å²) in [4.78, 5) is 16.9. The van der Waals surface area contributed by atoms with Gasteiger partial charge in [-0.1, -0.05) is 29.5 Å². The molecule has 0 aliphatic carbocycles. The van der Waals surface area contributed by atoms with Crippen molar-refractivity contribution in [2.45, 2.75) is 37.3 Å². The van der Waals surface area contributed by atoms with Gasteiger partial charge in [0.15, 0.2) is 10.1 Å². The molecule has 4 heteroatoms. The highest BCUT2D eigenvalue weighted by Crippen LogP contribution is 2.29. The van der Waals surface area contributed by atoms with Crippen molar-refractivity contribution < 1.29 is 4.79 Å². The van der Waals surface area contributed by atoms with E-state index in [2.05, 4.69) is 4.98 Å². The summed E-state index contributed by atoms with van der Waals surface area (Å²) in [5, 5.41) is 1.91. The Balaban J connectivity index is 2.16. The Kier molecular flexibility index (Phi) is 4.42. The van der Waals surface area contributed by atoms with E-state index in [0.717, 1.165) is 26.7 Å². The fourth-order valence-electron chi connectivity index (χ4n) is 1.81. The summed E-state index contributed by atoms with van der Waals surface area (Å²) < 4.78 is 0.962. The number of carbonyl (C=O) groups is 1. The van der Waals surface area contributed by atoms with Crippen LogP contribution >= 0.6 is 23.1 Å². The highest BCUT2D eigenvalue weighted by molar-refractivity contribution is 8.02. The van der Waals surface area contributed by atoms with Gasteiger partial charge >= 0.3 is 0 Å².